The number of benzene rings is 6. The van der Waals surface area contributed by atoms with E-state index < -0.39 is 35.2 Å². The lowest BCUT2D eigenvalue weighted by Crippen LogP contribution is -2.11. The molecule has 0 aliphatic heterocycles. The van der Waals surface area contributed by atoms with Gasteiger partial charge in [-0.2, -0.15) is 44.8 Å². The summed E-state index contributed by atoms with van der Waals surface area (Å²) in [7, 11) is 0. The Balaban J connectivity index is 1.59. The lowest BCUT2D eigenvalue weighted by Gasteiger charge is -2.23. The summed E-state index contributed by atoms with van der Waals surface area (Å²) in [4.78, 5) is 0. The van der Waals surface area contributed by atoms with Gasteiger partial charge in [-0.1, -0.05) is 54.6 Å². The fourth-order valence-corrected chi connectivity index (χ4v) is 7.07. The van der Waals surface area contributed by atoms with Crippen molar-refractivity contribution < 1.29 is 39.5 Å². The Morgan fingerprint density at radius 2 is 0.865 bits per heavy atom. The molecule has 0 atom stereocenters. The molecule has 2 heterocycles. The van der Waals surface area contributed by atoms with Gasteiger partial charge in [0.05, 0.1) is 61.8 Å². The number of rotatable bonds is 3. The molecule has 0 radical (unpaired) electrons. The topological polar surface area (TPSA) is 33.6 Å². The Hall–Kier alpha value is -6.22. The first-order chi connectivity index (χ1) is 24.7. The number of halogens is 9. The molecule has 8 aromatic rings. The quantitative estimate of drug-likeness (QED) is 0.168. The molecule has 0 N–H and O–H groups in total. The summed E-state index contributed by atoms with van der Waals surface area (Å²) < 4.78 is 131. The highest BCUT2D eigenvalue weighted by molar-refractivity contribution is 6.12. The van der Waals surface area contributed by atoms with Gasteiger partial charge in [-0.3, -0.25) is 0 Å². The van der Waals surface area contributed by atoms with Crippen molar-refractivity contribution in [3.63, 3.8) is 0 Å². The molecule has 2 aromatic heterocycles. The minimum Gasteiger partial charge on any atom is -0.308 e. The van der Waals surface area contributed by atoms with Gasteiger partial charge in [-0.05, 0) is 72.3 Å². The molecular formula is C40H20F9N3. The van der Waals surface area contributed by atoms with E-state index in [0.717, 1.165) is 30.3 Å². The van der Waals surface area contributed by atoms with Crippen LogP contribution in [-0.2, 0) is 18.5 Å². The van der Waals surface area contributed by atoms with Crippen LogP contribution in [0.1, 0.15) is 22.3 Å². The van der Waals surface area contributed by atoms with Crippen molar-refractivity contribution in [2.45, 2.75) is 18.5 Å². The largest absolute Gasteiger partial charge is 0.417 e. The van der Waals surface area contributed by atoms with Crippen molar-refractivity contribution in [1.82, 2.24) is 9.13 Å². The van der Waals surface area contributed by atoms with Crippen LogP contribution < -0.4 is 0 Å². The van der Waals surface area contributed by atoms with Crippen LogP contribution in [0.4, 0.5) is 39.5 Å². The van der Waals surface area contributed by atoms with Crippen LogP contribution in [0, 0.1) is 11.3 Å². The fraction of sp³-hybridized carbons (Fsp3) is 0.0750. The second-order valence-corrected chi connectivity index (χ2v) is 12.2. The van der Waals surface area contributed by atoms with Gasteiger partial charge in [-0.15, -0.1) is 0 Å². The monoisotopic (exact) mass is 713 g/mol. The molecule has 8 rings (SSSR count). The molecule has 3 nitrogen and oxygen atoms in total. The van der Waals surface area contributed by atoms with Crippen LogP contribution in [0.25, 0.3) is 66.1 Å². The summed E-state index contributed by atoms with van der Waals surface area (Å²) in [6.07, 6.45) is -14.3. The van der Waals surface area contributed by atoms with Gasteiger partial charge in [0.2, 0.25) is 0 Å². The smallest absolute Gasteiger partial charge is 0.308 e. The number of nitriles is 1. The Kier molecular flexibility index (Phi) is 7.22. The third kappa shape index (κ3) is 5.15. The molecule has 0 unspecified atom stereocenters. The van der Waals surface area contributed by atoms with E-state index in [1.54, 1.807) is 48.5 Å². The predicted octanol–water partition coefficient (Wildman–Crippen LogP) is 12.5. The van der Waals surface area contributed by atoms with Gasteiger partial charge in [0, 0.05) is 27.1 Å². The third-order valence-electron chi connectivity index (χ3n) is 9.21. The van der Waals surface area contributed by atoms with Crippen molar-refractivity contribution >= 4 is 43.6 Å². The zero-order valence-electron chi connectivity index (χ0n) is 26.3. The lowest BCUT2D eigenvalue weighted by atomic mass is 9.94. The molecule has 12 heteroatoms. The normalized spacial score (nSPS) is 12.7. The predicted molar refractivity (Wildman–Crippen MR) is 180 cm³/mol. The lowest BCUT2D eigenvalue weighted by molar-refractivity contribution is -0.138. The van der Waals surface area contributed by atoms with Crippen molar-refractivity contribution in [3.05, 3.63) is 144 Å². The molecule has 0 aliphatic carbocycles. The van der Waals surface area contributed by atoms with Crippen LogP contribution in [-0.4, -0.2) is 9.13 Å². The van der Waals surface area contributed by atoms with Gasteiger partial charge in [0.25, 0.3) is 0 Å². The number of hydrogen-bond acceptors (Lipinski definition) is 1. The van der Waals surface area contributed by atoms with Gasteiger partial charge >= 0.3 is 18.5 Å². The van der Waals surface area contributed by atoms with Crippen LogP contribution in [0.5, 0.6) is 0 Å². The molecule has 0 bridgehead atoms. The summed E-state index contributed by atoms with van der Waals surface area (Å²) in [5, 5.41) is 11.4. The Bertz CT molecular complexity index is 2620. The molecule has 0 spiro atoms. The van der Waals surface area contributed by atoms with Gasteiger partial charge in [0.1, 0.15) is 0 Å². The van der Waals surface area contributed by atoms with Crippen molar-refractivity contribution in [2.24, 2.45) is 0 Å². The molecule has 52 heavy (non-hydrogen) atoms. The van der Waals surface area contributed by atoms with Gasteiger partial charge in [-0.25, -0.2) is 0 Å². The first-order valence-electron chi connectivity index (χ1n) is 15.6. The van der Waals surface area contributed by atoms with Crippen LogP contribution in [0.3, 0.4) is 0 Å². The van der Waals surface area contributed by atoms with E-state index in [0.29, 0.717) is 21.8 Å². The third-order valence-corrected chi connectivity index (χ3v) is 9.21. The summed E-state index contributed by atoms with van der Waals surface area (Å²) in [6, 6.07) is 28.6. The average Bonchev–Trinajstić information content (AvgIpc) is 3.62. The van der Waals surface area contributed by atoms with E-state index >= 15 is 0 Å². The minimum atomic E-state index is -4.89. The highest BCUT2D eigenvalue weighted by Gasteiger charge is 2.37. The van der Waals surface area contributed by atoms with Crippen molar-refractivity contribution in [1.29, 1.82) is 5.26 Å². The van der Waals surface area contributed by atoms with Crippen molar-refractivity contribution in [2.75, 3.05) is 0 Å². The fourth-order valence-electron chi connectivity index (χ4n) is 7.07. The van der Waals surface area contributed by atoms with Gasteiger partial charge in [0.15, 0.2) is 0 Å². The molecule has 0 saturated heterocycles. The first-order valence-corrected chi connectivity index (χ1v) is 15.6. The molecule has 0 fully saturated rings. The maximum atomic E-state index is 14.9. The SMILES string of the molecule is N#Cc1cc(-n2c3ccccc3c3cc(C(F)(F)F)ccc32)c(-c2ccccc2C(F)(F)F)c(-n2c3ccccc3c3cc(C(F)(F)F)ccc32)c1. The average molecular weight is 714 g/mol. The maximum Gasteiger partial charge on any atom is 0.417 e. The first kappa shape index (κ1) is 33.0. The molecule has 0 aliphatic rings. The summed E-state index contributed by atoms with van der Waals surface area (Å²) in [5.41, 5.74) is -2.09. The number of hydrogen-bond donors (Lipinski definition) is 0. The molecule has 6 aromatic carbocycles. The van der Waals surface area contributed by atoms with E-state index in [4.69, 9.17) is 0 Å². The van der Waals surface area contributed by atoms with E-state index in [2.05, 4.69) is 6.07 Å². The molecule has 0 amide bonds. The number of para-hydroxylation sites is 2. The van der Waals surface area contributed by atoms with Crippen LogP contribution in [0.2, 0.25) is 0 Å². The Labute approximate surface area is 288 Å². The molecule has 258 valence electrons. The van der Waals surface area contributed by atoms with Crippen molar-refractivity contribution in [3.8, 4) is 28.6 Å². The highest BCUT2D eigenvalue weighted by Crippen LogP contribution is 2.47. The second-order valence-electron chi connectivity index (χ2n) is 12.2. The van der Waals surface area contributed by atoms with E-state index in [1.165, 1.54) is 51.6 Å². The zero-order valence-corrected chi connectivity index (χ0v) is 26.3. The molecular weight excluding hydrogens is 693 g/mol. The standard InChI is InChI=1S/C40H20F9N3/c41-38(42,43)23-13-15-33-28(19-23)25-7-2-5-11-31(25)51(33)35-17-22(21-50)18-36(37(35)27-9-1-4-10-30(27)40(47,48)49)52-32-12-6-3-8-26(32)29-20-24(39(44,45)46)14-16-34(29)52/h1-20H. The second kappa shape index (κ2) is 11.4. The Morgan fingerprint density at radius 1 is 0.442 bits per heavy atom. The van der Waals surface area contributed by atoms with E-state index in [1.807, 2.05) is 0 Å². The summed E-state index contributed by atoms with van der Waals surface area (Å²) in [6.45, 7) is 0. The number of nitrogens with zero attached hydrogens (tertiary/aromatic N) is 3. The minimum absolute atomic E-state index is 0.0195. The molecule has 0 saturated carbocycles. The van der Waals surface area contributed by atoms with Crippen LogP contribution >= 0.6 is 0 Å². The number of alkyl halides is 9. The van der Waals surface area contributed by atoms with E-state index in [9.17, 15) is 44.8 Å². The Morgan fingerprint density at radius 3 is 1.31 bits per heavy atom. The number of fused-ring (bicyclic) bond motifs is 6. The summed E-state index contributed by atoms with van der Waals surface area (Å²) >= 11 is 0. The van der Waals surface area contributed by atoms with Gasteiger partial charge < -0.3 is 9.13 Å². The zero-order chi connectivity index (χ0) is 36.7. The highest BCUT2D eigenvalue weighted by atomic mass is 19.4. The maximum absolute atomic E-state index is 14.9. The summed E-state index contributed by atoms with van der Waals surface area (Å²) in [5.74, 6) is 0. The van der Waals surface area contributed by atoms with E-state index in [-0.39, 0.29) is 49.9 Å². The number of aromatic nitrogens is 2. The van der Waals surface area contributed by atoms with Crippen LogP contribution in [0.15, 0.2) is 121 Å².